The second-order valence-electron chi connectivity index (χ2n) is 12.4. The first-order chi connectivity index (χ1) is 21.6. The van der Waals surface area contributed by atoms with E-state index in [1.54, 1.807) is 0 Å². The van der Waals surface area contributed by atoms with Gasteiger partial charge in [-0.2, -0.15) is 0 Å². The zero-order valence-electron chi connectivity index (χ0n) is 29.0. The number of hydrogen-bond donors (Lipinski definition) is 0. The SMILES string of the molecule is CCCCC[CH2][Pd][CH2]CCCCC.CCCCCc1cccc(C2=C(CCCC)C=C(c3cccc(CCCC)c3)[N+]2=[N-])c1. The summed E-state index contributed by atoms with van der Waals surface area (Å²) in [6, 6.07) is 17.4. The monoisotopic (exact) mass is 690 g/mol. The number of aryl methyl sites for hydroxylation is 2. The van der Waals surface area contributed by atoms with Gasteiger partial charge in [0.2, 0.25) is 11.4 Å². The number of nitrogens with zero attached hydrogens (tertiary/aromatic N) is 2. The van der Waals surface area contributed by atoms with Crippen molar-refractivity contribution in [3.05, 3.63) is 88.0 Å². The van der Waals surface area contributed by atoms with Gasteiger partial charge in [0.1, 0.15) is 0 Å². The molecule has 248 valence electrons. The molecule has 44 heavy (non-hydrogen) atoms. The Hall–Kier alpha value is -1.82. The van der Waals surface area contributed by atoms with Crippen LogP contribution in [-0.4, -0.2) is 4.70 Å². The third-order valence-corrected chi connectivity index (χ3v) is 10.5. The maximum atomic E-state index is 11.3. The minimum atomic E-state index is 0.899. The molecule has 0 radical (unpaired) electrons. The summed E-state index contributed by atoms with van der Waals surface area (Å²) in [5.74, 6) is 0. The quantitative estimate of drug-likeness (QED) is 0.0667. The maximum absolute atomic E-state index is 11.3. The average molecular weight is 691 g/mol. The summed E-state index contributed by atoms with van der Waals surface area (Å²) in [5, 5.41) is 0. The Morgan fingerprint density at radius 2 is 1.05 bits per heavy atom. The van der Waals surface area contributed by atoms with Gasteiger partial charge in [0.25, 0.3) is 0 Å². The molecule has 1 aliphatic heterocycles. The Labute approximate surface area is 280 Å². The largest absolute Gasteiger partial charge is 0.493 e. The van der Waals surface area contributed by atoms with E-state index in [1.165, 1.54) is 115 Å². The second-order valence-corrected chi connectivity index (χ2v) is 14.7. The van der Waals surface area contributed by atoms with Crippen molar-refractivity contribution in [2.24, 2.45) is 0 Å². The van der Waals surface area contributed by atoms with Gasteiger partial charge in [-0.3, -0.25) is 0 Å². The first kappa shape index (κ1) is 38.4. The van der Waals surface area contributed by atoms with Crippen LogP contribution >= 0.6 is 0 Å². The Balaban J connectivity index is 0.000000439. The first-order valence-electron chi connectivity index (χ1n) is 18.2. The van der Waals surface area contributed by atoms with E-state index in [2.05, 4.69) is 89.2 Å². The predicted octanol–water partition coefficient (Wildman–Crippen LogP) is 13.8. The van der Waals surface area contributed by atoms with Crippen LogP contribution in [0, 0.1) is 0 Å². The molecule has 2 nitrogen and oxygen atoms in total. The van der Waals surface area contributed by atoms with E-state index in [0.717, 1.165) is 72.6 Å². The van der Waals surface area contributed by atoms with Crippen LogP contribution in [0.25, 0.3) is 16.9 Å². The normalized spacial score (nSPS) is 12.9. The predicted molar refractivity (Wildman–Crippen MR) is 191 cm³/mol. The molecule has 0 saturated heterocycles. The summed E-state index contributed by atoms with van der Waals surface area (Å²) in [6.07, 6.45) is 25.4. The number of hydrogen-bond acceptors (Lipinski definition) is 0. The minimum Gasteiger partial charge on any atom is -0.493 e. The van der Waals surface area contributed by atoms with Crippen molar-refractivity contribution >= 4 is 11.4 Å². The van der Waals surface area contributed by atoms with Crippen molar-refractivity contribution in [2.75, 3.05) is 0 Å². The van der Waals surface area contributed by atoms with Crippen LogP contribution in [0.4, 0.5) is 0 Å². The maximum Gasteiger partial charge on any atom is 0.210 e. The molecule has 3 rings (SSSR count). The first-order valence-corrected chi connectivity index (χ1v) is 20.4. The molecule has 0 atom stereocenters. The number of benzene rings is 2. The summed E-state index contributed by atoms with van der Waals surface area (Å²) in [7, 11) is 0. The van der Waals surface area contributed by atoms with Gasteiger partial charge in [-0.15, -0.1) is 0 Å². The summed E-state index contributed by atoms with van der Waals surface area (Å²) < 4.78 is 1.44. The molecule has 0 bridgehead atoms. The Morgan fingerprint density at radius 3 is 1.64 bits per heavy atom. The molecule has 0 aliphatic carbocycles. The molecule has 0 N–H and O–H groups in total. The molecule has 0 spiro atoms. The van der Waals surface area contributed by atoms with E-state index in [9.17, 15) is 5.53 Å². The fourth-order valence-electron chi connectivity index (χ4n) is 5.59. The van der Waals surface area contributed by atoms with Gasteiger partial charge in [0.05, 0.1) is 0 Å². The van der Waals surface area contributed by atoms with Gasteiger partial charge in [-0.1, -0.05) is 70.7 Å². The molecular formula is C41H64N2Pd. The number of unbranched alkanes of at least 4 members (excludes halogenated alkanes) is 10. The molecule has 0 aromatic heterocycles. The Morgan fingerprint density at radius 1 is 0.545 bits per heavy atom. The van der Waals surface area contributed by atoms with Crippen LogP contribution in [-0.2, 0) is 30.8 Å². The zero-order chi connectivity index (χ0) is 31.8. The van der Waals surface area contributed by atoms with Crippen LogP contribution in [0.1, 0.15) is 160 Å². The van der Waals surface area contributed by atoms with E-state index < -0.39 is 0 Å². The van der Waals surface area contributed by atoms with Gasteiger partial charge in [0, 0.05) is 22.8 Å². The van der Waals surface area contributed by atoms with Gasteiger partial charge < -0.3 is 5.53 Å². The van der Waals surface area contributed by atoms with E-state index in [1.807, 2.05) is 0 Å². The molecule has 1 aliphatic rings. The summed E-state index contributed by atoms with van der Waals surface area (Å²) >= 11 is 1.07. The van der Waals surface area contributed by atoms with E-state index >= 15 is 0 Å². The number of allylic oxidation sites excluding steroid dienone is 2. The van der Waals surface area contributed by atoms with Crippen LogP contribution in [0.3, 0.4) is 0 Å². The van der Waals surface area contributed by atoms with Crippen molar-refractivity contribution in [3.8, 4) is 0 Å². The van der Waals surface area contributed by atoms with E-state index in [4.69, 9.17) is 0 Å². The van der Waals surface area contributed by atoms with Gasteiger partial charge in [-0.05, 0) is 73.9 Å². The van der Waals surface area contributed by atoms with Crippen LogP contribution in [0.15, 0.2) is 60.2 Å². The van der Waals surface area contributed by atoms with Crippen molar-refractivity contribution in [2.45, 2.75) is 160 Å². The summed E-state index contributed by atoms with van der Waals surface area (Å²) in [6.45, 7) is 11.3. The number of rotatable bonds is 22. The average Bonchev–Trinajstić information content (AvgIpc) is 3.38. The molecule has 2 aromatic rings. The molecule has 0 unspecified atom stereocenters. The van der Waals surface area contributed by atoms with Crippen LogP contribution < -0.4 is 0 Å². The topological polar surface area (TPSA) is 25.3 Å². The molecule has 0 amide bonds. The zero-order valence-corrected chi connectivity index (χ0v) is 30.6. The molecular weight excluding hydrogens is 627 g/mol. The smallest absolute Gasteiger partial charge is 0.210 e. The molecule has 0 saturated carbocycles. The van der Waals surface area contributed by atoms with E-state index in [-0.39, 0.29) is 0 Å². The van der Waals surface area contributed by atoms with Crippen molar-refractivity contribution in [1.29, 1.82) is 0 Å². The van der Waals surface area contributed by atoms with Crippen molar-refractivity contribution in [3.63, 3.8) is 0 Å². The molecule has 1 heterocycles. The van der Waals surface area contributed by atoms with Gasteiger partial charge in [0.15, 0.2) is 0 Å². The van der Waals surface area contributed by atoms with Gasteiger partial charge >= 0.3 is 93.0 Å². The van der Waals surface area contributed by atoms with Crippen molar-refractivity contribution in [1.82, 2.24) is 0 Å². The van der Waals surface area contributed by atoms with E-state index in [0.29, 0.717) is 0 Å². The Bertz CT molecular complexity index is 1120. The molecule has 0 fully saturated rings. The minimum absolute atomic E-state index is 0.899. The molecule has 3 heteroatoms. The molecule has 2 aromatic carbocycles. The third kappa shape index (κ3) is 14.5. The van der Waals surface area contributed by atoms with Crippen LogP contribution in [0.2, 0.25) is 9.79 Å². The fraction of sp³-hybridized carbons (Fsp3) is 0.610. The Kier molecular flexibility index (Phi) is 21.3. The van der Waals surface area contributed by atoms with Gasteiger partial charge in [-0.25, -0.2) is 4.70 Å². The fourth-order valence-corrected chi connectivity index (χ4v) is 7.53. The second kappa shape index (κ2) is 24.4. The standard InChI is InChI=1S/C29H38N2.2C6H13.Pd/c1-4-7-10-14-24-16-12-19-26(21-24)29-27(17-9-6-3)22-28(31(29)30)25-18-11-15-23(20-25)13-8-5-2;2*1-3-5-6-4-2;/h11-12,15-16,18-22H,4-10,13-14,17H2,1-3H3;2*1,3-6H2,2H3;. The summed E-state index contributed by atoms with van der Waals surface area (Å²) in [4.78, 5) is 3.06. The van der Waals surface area contributed by atoms with Crippen molar-refractivity contribution < 1.29 is 22.7 Å². The summed E-state index contributed by atoms with van der Waals surface area (Å²) in [5.41, 5.74) is 19.3. The van der Waals surface area contributed by atoms with Crippen LogP contribution in [0.5, 0.6) is 0 Å². The third-order valence-electron chi connectivity index (χ3n) is 8.32.